The second kappa shape index (κ2) is 5.98. The normalized spacial score (nSPS) is 17.3. The number of aromatic nitrogens is 2. The van der Waals surface area contributed by atoms with E-state index in [1.54, 1.807) is 27.6 Å². The van der Waals surface area contributed by atoms with E-state index in [-0.39, 0.29) is 11.5 Å². The summed E-state index contributed by atoms with van der Waals surface area (Å²) in [6, 6.07) is 5.14. The summed E-state index contributed by atoms with van der Waals surface area (Å²) in [6.45, 7) is 0.788. The topological polar surface area (TPSA) is 101 Å². The zero-order chi connectivity index (χ0) is 17.6. The highest BCUT2D eigenvalue weighted by Gasteiger charge is 2.31. The Balaban J connectivity index is 1.94. The van der Waals surface area contributed by atoms with Gasteiger partial charge in [-0.25, -0.2) is 4.98 Å². The molecule has 0 aromatic carbocycles. The molecule has 8 heteroatoms. The van der Waals surface area contributed by atoms with Crippen LogP contribution in [0.25, 0.3) is 16.9 Å². The minimum absolute atomic E-state index is 0.216. The third-order valence-electron chi connectivity index (χ3n) is 4.36. The number of imidazole rings is 1. The van der Waals surface area contributed by atoms with Gasteiger partial charge in [-0.05, 0) is 30.0 Å². The molecule has 4 heterocycles. The van der Waals surface area contributed by atoms with Gasteiger partial charge in [-0.1, -0.05) is 0 Å². The number of likely N-dealkylation sites (tertiary alicyclic amines) is 1. The number of hydrogen-bond acceptors (Lipinski definition) is 5. The number of β-amino-alcohol motifs (C(OH)–C–C–N with tert-alkyl or cyclic N) is 1. The first-order valence-electron chi connectivity index (χ1n) is 7.87. The first-order valence-corrected chi connectivity index (χ1v) is 8.81. The third-order valence-corrected chi connectivity index (χ3v) is 5.05. The molecule has 128 valence electrons. The highest BCUT2D eigenvalue weighted by Crippen LogP contribution is 2.29. The Kier molecular flexibility index (Phi) is 3.78. The second-order valence-electron chi connectivity index (χ2n) is 5.99. The monoisotopic (exact) mass is 356 g/mol. The Labute approximate surface area is 147 Å². The number of aliphatic hydroxyl groups excluding tert-OH is 1. The Morgan fingerprint density at radius 1 is 1.36 bits per heavy atom. The standard InChI is InChI=1S/C17H16N4O3S/c18-15(23)12-2-1-5-21-14(17(24)20-6-3-11(22)8-20)13(19-16(12)21)10-4-7-25-9-10/h1-2,4-5,7,9,11,22H,3,6,8H2,(H2,18,23)/t11-/m1/s1. The number of pyridine rings is 1. The zero-order valence-electron chi connectivity index (χ0n) is 13.3. The molecule has 1 aliphatic rings. The Bertz CT molecular complexity index is 964. The van der Waals surface area contributed by atoms with Crippen molar-refractivity contribution in [2.24, 2.45) is 5.73 Å². The fraction of sp³-hybridized carbons (Fsp3) is 0.235. The molecule has 0 spiro atoms. The lowest BCUT2D eigenvalue weighted by atomic mass is 10.2. The van der Waals surface area contributed by atoms with Crippen LogP contribution in [0.2, 0.25) is 0 Å². The molecule has 1 atom stereocenters. The maximum absolute atomic E-state index is 13.1. The van der Waals surface area contributed by atoms with Crippen LogP contribution in [-0.4, -0.2) is 50.4 Å². The van der Waals surface area contributed by atoms with Crippen LogP contribution in [0.3, 0.4) is 0 Å². The smallest absolute Gasteiger partial charge is 0.273 e. The molecule has 2 amide bonds. The molecule has 3 aromatic rings. The van der Waals surface area contributed by atoms with E-state index in [0.29, 0.717) is 36.5 Å². The first kappa shape index (κ1) is 15.8. The molecular weight excluding hydrogens is 340 g/mol. The molecule has 1 saturated heterocycles. The summed E-state index contributed by atoms with van der Waals surface area (Å²) in [7, 11) is 0. The van der Waals surface area contributed by atoms with Gasteiger partial charge >= 0.3 is 0 Å². The van der Waals surface area contributed by atoms with Crippen LogP contribution in [0, 0.1) is 0 Å². The number of nitrogens with two attached hydrogens (primary N) is 1. The number of carbonyl (C=O) groups is 2. The number of hydrogen-bond donors (Lipinski definition) is 2. The molecule has 3 aromatic heterocycles. The molecule has 1 aliphatic heterocycles. The number of thiophene rings is 1. The van der Waals surface area contributed by atoms with E-state index in [1.807, 2.05) is 16.8 Å². The van der Waals surface area contributed by atoms with Gasteiger partial charge in [0.25, 0.3) is 11.8 Å². The van der Waals surface area contributed by atoms with Crippen LogP contribution < -0.4 is 5.73 Å². The molecule has 3 N–H and O–H groups in total. The zero-order valence-corrected chi connectivity index (χ0v) is 14.1. The molecule has 0 aliphatic carbocycles. The van der Waals surface area contributed by atoms with Gasteiger partial charge in [-0.3, -0.25) is 14.0 Å². The summed E-state index contributed by atoms with van der Waals surface area (Å²) < 4.78 is 1.61. The number of rotatable bonds is 3. The molecular formula is C17H16N4O3S. The minimum atomic E-state index is -0.594. The summed E-state index contributed by atoms with van der Waals surface area (Å²) in [5, 5.41) is 13.6. The van der Waals surface area contributed by atoms with E-state index in [0.717, 1.165) is 5.56 Å². The average molecular weight is 356 g/mol. The SMILES string of the molecule is NC(=O)c1cccn2c(C(=O)N3CC[C@@H](O)C3)c(-c3ccsc3)nc12. The van der Waals surface area contributed by atoms with Crippen molar-refractivity contribution in [3.8, 4) is 11.3 Å². The average Bonchev–Trinajstić information content (AvgIpc) is 3.32. The number of aliphatic hydroxyl groups is 1. The van der Waals surface area contributed by atoms with Crippen LogP contribution in [0.5, 0.6) is 0 Å². The van der Waals surface area contributed by atoms with Gasteiger partial charge in [0.2, 0.25) is 0 Å². The number of fused-ring (bicyclic) bond motifs is 1. The Morgan fingerprint density at radius 3 is 2.84 bits per heavy atom. The van der Waals surface area contributed by atoms with Crippen molar-refractivity contribution in [3.63, 3.8) is 0 Å². The fourth-order valence-electron chi connectivity index (χ4n) is 3.14. The van der Waals surface area contributed by atoms with Crippen LogP contribution in [0.4, 0.5) is 0 Å². The minimum Gasteiger partial charge on any atom is -0.391 e. The van der Waals surface area contributed by atoms with Crippen molar-refractivity contribution in [2.75, 3.05) is 13.1 Å². The predicted molar refractivity (Wildman–Crippen MR) is 93.6 cm³/mol. The van der Waals surface area contributed by atoms with Crippen LogP contribution >= 0.6 is 11.3 Å². The van der Waals surface area contributed by atoms with Crippen LogP contribution in [0.15, 0.2) is 35.2 Å². The molecule has 0 saturated carbocycles. The van der Waals surface area contributed by atoms with Crippen molar-refractivity contribution >= 4 is 28.8 Å². The summed E-state index contributed by atoms with van der Waals surface area (Å²) in [5.41, 5.74) is 7.79. The van der Waals surface area contributed by atoms with Gasteiger partial charge in [-0.15, -0.1) is 0 Å². The number of primary amides is 1. The van der Waals surface area contributed by atoms with Crippen molar-refractivity contribution in [1.82, 2.24) is 14.3 Å². The first-order chi connectivity index (χ1) is 12.1. The lowest BCUT2D eigenvalue weighted by Gasteiger charge is -2.16. The van der Waals surface area contributed by atoms with E-state index < -0.39 is 12.0 Å². The summed E-state index contributed by atoms with van der Waals surface area (Å²) >= 11 is 1.50. The lowest BCUT2D eigenvalue weighted by Crippen LogP contribution is -2.31. The molecule has 0 radical (unpaired) electrons. The molecule has 0 unspecified atom stereocenters. The van der Waals surface area contributed by atoms with Gasteiger partial charge in [0, 0.05) is 30.2 Å². The van der Waals surface area contributed by atoms with Crippen molar-refractivity contribution in [1.29, 1.82) is 0 Å². The van der Waals surface area contributed by atoms with Crippen molar-refractivity contribution in [2.45, 2.75) is 12.5 Å². The number of nitrogens with zero attached hydrogens (tertiary/aromatic N) is 3. The molecule has 0 bridgehead atoms. The van der Waals surface area contributed by atoms with E-state index in [9.17, 15) is 14.7 Å². The van der Waals surface area contributed by atoms with Crippen LogP contribution in [-0.2, 0) is 0 Å². The largest absolute Gasteiger partial charge is 0.391 e. The highest BCUT2D eigenvalue weighted by atomic mass is 32.1. The molecule has 1 fully saturated rings. The third kappa shape index (κ3) is 2.59. The predicted octanol–water partition coefficient (Wildman–Crippen LogP) is 1.37. The maximum atomic E-state index is 13.1. The van der Waals surface area contributed by atoms with E-state index in [4.69, 9.17) is 5.73 Å². The summed E-state index contributed by atoms with van der Waals surface area (Å²) in [5.74, 6) is -0.810. The number of amides is 2. The van der Waals surface area contributed by atoms with Crippen LogP contribution in [0.1, 0.15) is 27.3 Å². The highest BCUT2D eigenvalue weighted by molar-refractivity contribution is 7.08. The van der Waals surface area contributed by atoms with Gasteiger partial charge in [0.05, 0.1) is 11.7 Å². The van der Waals surface area contributed by atoms with E-state index in [2.05, 4.69) is 4.98 Å². The molecule has 4 rings (SSSR count). The van der Waals surface area contributed by atoms with E-state index >= 15 is 0 Å². The van der Waals surface area contributed by atoms with E-state index in [1.165, 1.54) is 11.3 Å². The number of carbonyl (C=O) groups excluding carboxylic acids is 2. The molecule has 25 heavy (non-hydrogen) atoms. The quantitative estimate of drug-likeness (QED) is 0.740. The van der Waals surface area contributed by atoms with Crippen molar-refractivity contribution in [3.05, 3.63) is 46.4 Å². The summed E-state index contributed by atoms with van der Waals surface area (Å²) in [4.78, 5) is 31.0. The fourth-order valence-corrected chi connectivity index (χ4v) is 3.78. The van der Waals surface area contributed by atoms with Gasteiger partial charge in [-0.2, -0.15) is 11.3 Å². The Morgan fingerprint density at radius 2 is 2.20 bits per heavy atom. The van der Waals surface area contributed by atoms with Gasteiger partial charge < -0.3 is 15.7 Å². The van der Waals surface area contributed by atoms with Gasteiger partial charge in [0.15, 0.2) is 5.65 Å². The van der Waals surface area contributed by atoms with Crippen molar-refractivity contribution < 1.29 is 14.7 Å². The Hall–Kier alpha value is -2.71. The summed E-state index contributed by atoms with van der Waals surface area (Å²) in [6.07, 6.45) is 1.75. The van der Waals surface area contributed by atoms with Gasteiger partial charge in [0.1, 0.15) is 11.4 Å². The maximum Gasteiger partial charge on any atom is 0.273 e. The second-order valence-corrected chi connectivity index (χ2v) is 6.77. The lowest BCUT2D eigenvalue weighted by molar-refractivity contribution is 0.0758. The molecule has 7 nitrogen and oxygen atoms in total.